The van der Waals surface area contributed by atoms with Crippen LogP contribution in [0, 0.1) is 5.41 Å². The summed E-state index contributed by atoms with van der Waals surface area (Å²) in [7, 11) is 0. The van der Waals surface area contributed by atoms with E-state index in [1.807, 2.05) is 0 Å². The van der Waals surface area contributed by atoms with Crippen LogP contribution < -0.4 is 0 Å². The van der Waals surface area contributed by atoms with Crippen LogP contribution in [0.5, 0.6) is 0 Å². The van der Waals surface area contributed by atoms with Crippen molar-refractivity contribution in [2.75, 3.05) is 19.8 Å². The molecule has 2 nitrogen and oxygen atoms in total. The molecule has 0 aromatic rings. The summed E-state index contributed by atoms with van der Waals surface area (Å²) in [5.41, 5.74) is -0.497. The van der Waals surface area contributed by atoms with Crippen LogP contribution >= 0.6 is 0 Å². The van der Waals surface area contributed by atoms with E-state index in [2.05, 4.69) is 4.74 Å². The van der Waals surface area contributed by atoms with Crippen LogP contribution in [0.1, 0.15) is 13.3 Å². The highest BCUT2D eigenvalue weighted by Crippen LogP contribution is 2.34. The van der Waals surface area contributed by atoms with E-state index < -0.39 is 23.4 Å². The van der Waals surface area contributed by atoms with Crippen LogP contribution in [0.4, 0.5) is 22.0 Å². The maximum absolute atomic E-state index is 12.6. The van der Waals surface area contributed by atoms with Crippen LogP contribution in [-0.4, -0.2) is 26.0 Å². The molecular weight excluding hydrogens is 235 g/mol. The minimum absolute atomic E-state index is 0.282. The number of halogens is 5. The van der Waals surface area contributed by atoms with Crippen molar-refractivity contribution >= 4 is 0 Å². The van der Waals surface area contributed by atoms with E-state index in [1.54, 1.807) is 6.92 Å². The highest BCUT2D eigenvalue weighted by atomic mass is 19.4. The molecule has 0 aromatic carbocycles. The Balaban J connectivity index is 2.55. The lowest BCUT2D eigenvalue weighted by Crippen LogP contribution is -2.45. The highest BCUT2D eigenvalue weighted by molar-refractivity contribution is 5.00. The monoisotopic (exact) mass is 246 g/mol. The summed E-state index contributed by atoms with van der Waals surface area (Å²) in [5.74, 6) is -2.83. The molecule has 0 unspecified atom stereocenters. The molecule has 0 saturated carbocycles. The van der Waals surface area contributed by atoms with Crippen molar-refractivity contribution in [2.24, 2.45) is 5.41 Å². The van der Waals surface area contributed by atoms with E-state index in [-0.39, 0.29) is 19.8 Å². The first-order chi connectivity index (χ1) is 7.31. The van der Waals surface area contributed by atoms with Gasteiger partial charge in [-0.25, -0.2) is 0 Å². The second-order valence-electron chi connectivity index (χ2n) is 3.72. The Morgan fingerprint density at radius 3 is 2.19 bits per heavy atom. The minimum atomic E-state index is -5.35. The Morgan fingerprint density at radius 1 is 1.31 bits per heavy atom. The topological polar surface area (TPSA) is 18.5 Å². The third-order valence-electron chi connectivity index (χ3n) is 2.49. The second kappa shape index (κ2) is 4.57. The lowest BCUT2D eigenvalue weighted by molar-refractivity contribution is -0.152. The van der Waals surface area contributed by atoms with Gasteiger partial charge in [-0.2, -0.15) is 22.0 Å². The second-order valence-corrected chi connectivity index (χ2v) is 3.72. The van der Waals surface area contributed by atoms with Gasteiger partial charge >= 0.3 is 12.2 Å². The van der Waals surface area contributed by atoms with Gasteiger partial charge in [0.15, 0.2) is 0 Å². The average molecular weight is 246 g/mol. The Morgan fingerprint density at radius 2 is 1.88 bits per heavy atom. The zero-order valence-corrected chi connectivity index (χ0v) is 8.53. The van der Waals surface area contributed by atoms with Gasteiger partial charge in [-0.1, -0.05) is 6.92 Å². The van der Waals surface area contributed by atoms with Crippen molar-refractivity contribution in [3.8, 4) is 0 Å². The van der Waals surface area contributed by atoms with E-state index in [9.17, 15) is 22.0 Å². The molecule has 0 bridgehead atoms. The van der Waals surface area contributed by atoms with Gasteiger partial charge in [-0.3, -0.25) is 0 Å². The molecule has 0 atom stereocenters. The molecule has 16 heavy (non-hydrogen) atoms. The van der Waals surface area contributed by atoms with Crippen molar-refractivity contribution in [3.05, 3.63) is 11.8 Å². The fourth-order valence-corrected chi connectivity index (χ4v) is 1.17. The van der Waals surface area contributed by atoms with Crippen molar-refractivity contribution < 1.29 is 31.4 Å². The average Bonchev–Trinajstić information content (AvgIpc) is 2.14. The molecular formula is C9H11F5O2. The Bertz CT molecular complexity index is 275. The molecule has 1 heterocycles. The SMILES string of the molecule is CCC1(COC(F)=C(F)C(F)(F)F)COC1. The quantitative estimate of drug-likeness (QED) is 0.560. The van der Waals surface area contributed by atoms with Crippen LogP contribution in [0.25, 0.3) is 0 Å². The molecule has 1 rings (SSSR count). The molecule has 1 fully saturated rings. The Labute approximate surface area is 89.0 Å². The van der Waals surface area contributed by atoms with Crippen molar-refractivity contribution in [2.45, 2.75) is 19.5 Å². The van der Waals surface area contributed by atoms with Crippen LogP contribution in [0.3, 0.4) is 0 Å². The summed E-state index contributed by atoms with van der Waals surface area (Å²) in [6.45, 7) is 2.02. The molecule has 0 amide bonds. The number of hydrogen-bond acceptors (Lipinski definition) is 2. The molecule has 0 aromatic heterocycles. The van der Waals surface area contributed by atoms with Gasteiger partial charge in [0.2, 0.25) is 0 Å². The van der Waals surface area contributed by atoms with Crippen molar-refractivity contribution in [1.29, 1.82) is 0 Å². The predicted molar refractivity (Wildman–Crippen MR) is 44.8 cm³/mol. The largest absolute Gasteiger partial charge is 0.468 e. The Kier molecular flexibility index (Phi) is 3.77. The minimum Gasteiger partial charge on any atom is -0.468 e. The van der Waals surface area contributed by atoms with Crippen LogP contribution in [-0.2, 0) is 9.47 Å². The summed E-state index contributed by atoms with van der Waals surface area (Å²) in [6.07, 6.45) is -4.78. The van der Waals surface area contributed by atoms with E-state index in [0.717, 1.165) is 0 Å². The maximum Gasteiger partial charge on any atom is 0.449 e. The number of rotatable bonds is 4. The third-order valence-corrected chi connectivity index (χ3v) is 2.49. The van der Waals surface area contributed by atoms with E-state index >= 15 is 0 Å². The summed E-state index contributed by atoms with van der Waals surface area (Å²) in [6, 6.07) is -2.22. The van der Waals surface area contributed by atoms with E-state index in [0.29, 0.717) is 6.42 Å². The summed E-state index contributed by atoms with van der Waals surface area (Å²) < 4.78 is 69.1. The van der Waals surface area contributed by atoms with Crippen molar-refractivity contribution in [1.82, 2.24) is 0 Å². The zero-order valence-electron chi connectivity index (χ0n) is 8.53. The molecule has 94 valence electrons. The van der Waals surface area contributed by atoms with Gasteiger partial charge in [0.1, 0.15) is 6.61 Å². The molecule has 1 saturated heterocycles. The third kappa shape index (κ3) is 2.84. The predicted octanol–water partition coefficient (Wildman–Crippen LogP) is 3.10. The Hall–Kier alpha value is -0.850. The van der Waals surface area contributed by atoms with Gasteiger partial charge in [-0.15, -0.1) is 0 Å². The first-order valence-corrected chi connectivity index (χ1v) is 4.64. The lowest BCUT2D eigenvalue weighted by Gasteiger charge is -2.39. The molecule has 0 N–H and O–H groups in total. The van der Waals surface area contributed by atoms with E-state index in [4.69, 9.17) is 4.74 Å². The summed E-state index contributed by atoms with van der Waals surface area (Å²) >= 11 is 0. The number of hydrogen-bond donors (Lipinski definition) is 0. The summed E-state index contributed by atoms with van der Waals surface area (Å²) in [5, 5.41) is 0. The lowest BCUT2D eigenvalue weighted by atomic mass is 9.84. The molecule has 0 aliphatic carbocycles. The van der Waals surface area contributed by atoms with Gasteiger partial charge in [0.05, 0.1) is 18.6 Å². The molecule has 1 aliphatic heterocycles. The normalized spacial score (nSPS) is 21.1. The van der Waals surface area contributed by atoms with Crippen LogP contribution in [0.15, 0.2) is 11.8 Å². The molecule has 0 radical (unpaired) electrons. The van der Waals surface area contributed by atoms with Gasteiger partial charge < -0.3 is 9.47 Å². The van der Waals surface area contributed by atoms with E-state index in [1.165, 1.54) is 0 Å². The van der Waals surface area contributed by atoms with Crippen LogP contribution in [0.2, 0.25) is 0 Å². The zero-order chi connectivity index (χ0) is 12.4. The van der Waals surface area contributed by atoms with Gasteiger partial charge in [-0.05, 0) is 6.42 Å². The number of allylic oxidation sites excluding steroid dienone is 1. The maximum atomic E-state index is 12.6. The molecule has 1 aliphatic rings. The van der Waals surface area contributed by atoms with Crippen molar-refractivity contribution in [3.63, 3.8) is 0 Å². The first-order valence-electron chi connectivity index (χ1n) is 4.64. The molecule has 0 spiro atoms. The fourth-order valence-electron chi connectivity index (χ4n) is 1.17. The smallest absolute Gasteiger partial charge is 0.449 e. The number of ether oxygens (including phenoxy) is 2. The van der Waals surface area contributed by atoms with Gasteiger partial charge in [0, 0.05) is 0 Å². The van der Waals surface area contributed by atoms with Gasteiger partial charge in [0.25, 0.3) is 5.83 Å². The first kappa shape index (κ1) is 13.2. The fraction of sp³-hybridized carbons (Fsp3) is 0.778. The highest BCUT2D eigenvalue weighted by Gasteiger charge is 2.42. The molecule has 7 heteroatoms. The summed E-state index contributed by atoms with van der Waals surface area (Å²) in [4.78, 5) is 0. The number of alkyl halides is 3. The standard InChI is InChI=1S/C9H11F5O2/c1-2-8(3-15-4-8)5-16-7(11)6(10)9(12,13)14/h2-5H2,1H3.